The van der Waals surface area contributed by atoms with Crippen LogP contribution in [0.5, 0.6) is 0 Å². The fourth-order valence-electron chi connectivity index (χ4n) is 1.57. The molecule has 0 aliphatic rings. The predicted octanol–water partition coefficient (Wildman–Crippen LogP) is 2.88. The first kappa shape index (κ1) is 17.1. The van der Waals surface area contributed by atoms with Crippen molar-refractivity contribution in [1.82, 2.24) is 5.32 Å². The minimum absolute atomic E-state index is 0.343. The van der Waals surface area contributed by atoms with Crippen LogP contribution in [0.1, 0.15) is 12.5 Å². The minimum Gasteiger partial charge on any atom is -0.350 e. The van der Waals surface area contributed by atoms with E-state index in [1.807, 2.05) is 0 Å². The van der Waals surface area contributed by atoms with E-state index in [1.54, 1.807) is 25.1 Å². The molecule has 1 rings (SSSR count). The second-order valence-electron chi connectivity index (χ2n) is 4.62. The first-order chi connectivity index (χ1) is 9.25. The Bertz CT molecular complexity index is 483. The van der Waals surface area contributed by atoms with Gasteiger partial charge in [-0.15, -0.1) is 0 Å². The summed E-state index contributed by atoms with van der Waals surface area (Å²) in [6, 6.07) is 4.95. The Kier molecular flexibility index (Phi) is 6.17. The normalized spacial score (nSPS) is 13.1. The lowest BCUT2D eigenvalue weighted by atomic mass is 10.0. The molecule has 1 aromatic rings. The molecular weight excluding hydrogens is 309 g/mol. The molecule has 0 saturated carbocycles. The van der Waals surface area contributed by atoms with E-state index in [0.717, 1.165) is 5.56 Å². The van der Waals surface area contributed by atoms with Crippen molar-refractivity contribution < 1.29 is 13.6 Å². The van der Waals surface area contributed by atoms with Gasteiger partial charge in [0.2, 0.25) is 5.91 Å². The molecule has 0 aliphatic heterocycles. The SMILES string of the molecule is CC(Cc1ccc(Cl)cc1Cl)C(=O)NCC(F)(F)CN. The van der Waals surface area contributed by atoms with Crippen molar-refractivity contribution in [3.05, 3.63) is 33.8 Å². The van der Waals surface area contributed by atoms with Gasteiger partial charge >= 0.3 is 0 Å². The van der Waals surface area contributed by atoms with Crippen LogP contribution in [0.4, 0.5) is 8.78 Å². The van der Waals surface area contributed by atoms with E-state index in [0.29, 0.717) is 16.5 Å². The van der Waals surface area contributed by atoms with Crippen LogP contribution in [0, 0.1) is 5.92 Å². The highest BCUT2D eigenvalue weighted by atomic mass is 35.5. The molecule has 0 fully saturated rings. The van der Waals surface area contributed by atoms with Crippen LogP contribution in [-0.2, 0) is 11.2 Å². The van der Waals surface area contributed by atoms with Crippen LogP contribution < -0.4 is 11.1 Å². The Morgan fingerprint density at radius 3 is 2.65 bits per heavy atom. The summed E-state index contributed by atoms with van der Waals surface area (Å²) in [5, 5.41) is 3.13. The van der Waals surface area contributed by atoms with Crippen molar-refractivity contribution in [3.63, 3.8) is 0 Å². The van der Waals surface area contributed by atoms with Gasteiger partial charge in [0.05, 0.1) is 13.1 Å². The average molecular weight is 325 g/mol. The van der Waals surface area contributed by atoms with E-state index in [9.17, 15) is 13.6 Å². The third-order valence-electron chi connectivity index (χ3n) is 2.81. The summed E-state index contributed by atoms with van der Waals surface area (Å²) >= 11 is 11.8. The highest BCUT2D eigenvalue weighted by molar-refractivity contribution is 6.35. The highest BCUT2D eigenvalue weighted by Gasteiger charge is 2.28. The number of rotatable bonds is 6. The molecule has 0 radical (unpaired) electrons. The molecule has 0 bridgehead atoms. The maximum atomic E-state index is 12.9. The van der Waals surface area contributed by atoms with Crippen LogP contribution in [0.25, 0.3) is 0 Å². The third-order valence-corrected chi connectivity index (χ3v) is 3.40. The molecule has 0 heterocycles. The summed E-state index contributed by atoms with van der Waals surface area (Å²) in [4.78, 5) is 11.7. The van der Waals surface area contributed by atoms with Crippen molar-refractivity contribution in [2.24, 2.45) is 11.7 Å². The number of benzene rings is 1. The first-order valence-corrected chi connectivity index (χ1v) is 6.80. The topological polar surface area (TPSA) is 55.1 Å². The maximum Gasteiger partial charge on any atom is 0.277 e. The third kappa shape index (κ3) is 5.23. The van der Waals surface area contributed by atoms with E-state index in [4.69, 9.17) is 28.9 Å². The second kappa shape index (κ2) is 7.20. The number of nitrogens with one attached hydrogen (secondary N) is 1. The lowest BCUT2D eigenvalue weighted by molar-refractivity contribution is -0.126. The molecule has 1 atom stereocenters. The average Bonchev–Trinajstić information content (AvgIpc) is 2.39. The molecule has 1 amide bonds. The van der Waals surface area contributed by atoms with Crippen molar-refractivity contribution in [2.75, 3.05) is 13.1 Å². The van der Waals surface area contributed by atoms with Crippen molar-refractivity contribution in [2.45, 2.75) is 19.3 Å². The van der Waals surface area contributed by atoms with E-state index in [-0.39, 0.29) is 0 Å². The second-order valence-corrected chi connectivity index (χ2v) is 5.46. The van der Waals surface area contributed by atoms with Gasteiger partial charge in [0.1, 0.15) is 0 Å². The summed E-state index contributed by atoms with van der Waals surface area (Å²) in [7, 11) is 0. The number of hydrogen-bond donors (Lipinski definition) is 2. The molecule has 7 heteroatoms. The highest BCUT2D eigenvalue weighted by Crippen LogP contribution is 2.23. The molecule has 0 aromatic heterocycles. The van der Waals surface area contributed by atoms with Gasteiger partial charge in [-0.2, -0.15) is 0 Å². The number of carbonyl (C=O) groups excluding carboxylic acids is 1. The molecule has 3 nitrogen and oxygen atoms in total. The van der Waals surface area contributed by atoms with Gasteiger partial charge in [0.15, 0.2) is 0 Å². The molecule has 1 unspecified atom stereocenters. The van der Waals surface area contributed by atoms with Gasteiger partial charge in [-0.1, -0.05) is 36.2 Å². The van der Waals surface area contributed by atoms with E-state index >= 15 is 0 Å². The summed E-state index contributed by atoms with van der Waals surface area (Å²) in [5.41, 5.74) is 5.64. The largest absolute Gasteiger partial charge is 0.350 e. The summed E-state index contributed by atoms with van der Waals surface area (Å²) in [6.45, 7) is 0.0759. The van der Waals surface area contributed by atoms with Crippen LogP contribution >= 0.6 is 23.2 Å². The minimum atomic E-state index is -3.09. The Morgan fingerprint density at radius 1 is 1.45 bits per heavy atom. The molecule has 3 N–H and O–H groups in total. The molecule has 1 aromatic carbocycles. The van der Waals surface area contributed by atoms with Crippen molar-refractivity contribution in [3.8, 4) is 0 Å². The van der Waals surface area contributed by atoms with Crippen molar-refractivity contribution >= 4 is 29.1 Å². The zero-order valence-electron chi connectivity index (χ0n) is 10.9. The van der Waals surface area contributed by atoms with Gasteiger partial charge in [0.25, 0.3) is 5.92 Å². The predicted molar refractivity (Wildman–Crippen MR) is 76.3 cm³/mol. The smallest absolute Gasteiger partial charge is 0.277 e. The van der Waals surface area contributed by atoms with E-state index in [1.165, 1.54) is 0 Å². The monoisotopic (exact) mass is 324 g/mol. The Hall–Kier alpha value is -0.910. The summed E-state index contributed by atoms with van der Waals surface area (Å²) in [5.74, 6) is -4.04. The molecule has 0 saturated heterocycles. The molecule has 0 aliphatic carbocycles. The van der Waals surface area contributed by atoms with Crippen LogP contribution in [-0.4, -0.2) is 24.9 Å². The fraction of sp³-hybridized carbons (Fsp3) is 0.462. The van der Waals surface area contributed by atoms with Gasteiger partial charge in [-0.25, -0.2) is 8.78 Å². The van der Waals surface area contributed by atoms with Crippen LogP contribution in [0.3, 0.4) is 0 Å². The van der Waals surface area contributed by atoms with Crippen LogP contribution in [0.2, 0.25) is 10.0 Å². The lowest BCUT2D eigenvalue weighted by Crippen LogP contribution is -2.43. The summed E-state index contributed by atoms with van der Waals surface area (Å²) < 4.78 is 25.9. The van der Waals surface area contributed by atoms with Gasteiger partial charge < -0.3 is 11.1 Å². The number of carbonyl (C=O) groups is 1. The Balaban J connectivity index is 2.57. The molecular formula is C13H16Cl2F2N2O. The number of halogens is 4. The van der Waals surface area contributed by atoms with Crippen LogP contribution in [0.15, 0.2) is 18.2 Å². The van der Waals surface area contributed by atoms with E-state index in [2.05, 4.69) is 5.32 Å². The number of hydrogen-bond acceptors (Lipinski definition) is 2. The molecule has 20 heavy (non-hydrogen) atoms. The standard InChI is InChI=1S/C13H16Cl2F2N2O/c1-8(12(20)19-7-13(16,17)6-18)4-9-2-3-10(14)5-11(9)15/h2-3,5,8H,4,6-7,18H2,1H3,(H,19,20). The number of nitrogens with two attached hydrogens (primary N) is 1. The maximum absolute atomic E-state index is 12.9. The zero-order chi connectivity index (χ0) is 15.3. The van der Waals surface area contributed by atoms with Gasteiger partial charge in [-0.3, -0.25) is 4.79 Å². The zero-order valence-corrected chi connectivity index (χ0v) is 12.4. The van der Waals surface area contributed by atoms with E-state index < -0.39 is 30.8 Å². The van der Waals surface area contributed by atoms with Gasteiger partial charge in [0, 0.05) is 16.0 Å². The molecule has 112 valence electrons. The lowest BCUT2D eigenvalue weighted by Gasteiger charge is -2.17. The first-order valence-electron chi connectivity index (χ1n) is 6.04. The Labute approximate surface area is 126 Å². The Morgan fingerprint density at radius 2 is 2.10 bits per heavy atom. The summed E-state index contributed by atoms with van der Waals surface area (Å²) in [6.07, 6.45) is 0.343. The number of amides is 1. The number of alkyl halides is 2. The quantitative estimate of drug-likeness (QED) is 0.845. The molecule has 0 spiro atoms. The van der Waals surface area contributed by atoms with Gasteiger partial charge in [-0.05, 0) is 24.1 Å². The van der Waals surface area contributed by atoms with Crippen molar-refractivity contribution in [1.29, 1.82) is 0 Å². The fourth-order valence-corrected chi connectivity index (χ4v) is 2.06.